The number of fused-ring (bicyclic) bond motifs is 1. The van der Waals surface area contributed by atoms with Crippen LogP contribution in [-0.4, -0.2) is 84.3 Å². The fourth-order valence-electron chi connectivity index (χ4n) is 4.54. The first-order valence-corrected chi connectivity index (χ1v) is 11.8. The number of alkyl halides is 7. The molecule has 1 aliphatic rings. The molecule has 1 aromatic carbocycles. The number of nitrogens with two attached hydrogens (primary N) is 1. The highest BCUT2D eigenvalue weighted by Crippen LogP contribution is 2.39. The second-order valence-electron chi connectivity index (χ2n) is 9.87. The van der Waals surface area contributed by atoms with E-state index >= 15 is 4.39 Å². The first-order valence-electron chi connectivity index (χ1n) is 11.8. The van der Waals surface area contributed by atoms with Gasteiger partial charge in [0.15, 0.2) is 5.82 Å². The van der Waals surface area contributed by atoms with Crippen LogP contribution in [0.4, 0.5) is 40.9 Å². The van der Waals surface area contributed by atoms with Crippen LogP contribution in [0.1, 0.15) is 29.8 Å². The zero-order valence-corrected chi connectivity index (χ0v) is 21.5. The Bertz CT molecular complexity index is 1580. The minimum absolute atomic E-state index is 0.431. The number of nitrogen functional groups attached to an aromatic ring is 1. The van der Waals surface area contributed by atoms with E-state index in [0.29, 0.717) is 33.7 Å². The molecule has 3 heterocycles. The Morgan fingerprint density at radius 1 is 1.07 bits per heavy atom. The van der Waals surface area contributed by atoms with Crippen molar-refractivity contribution in [2.45, 2.75) is 44.0 Å². The molecule has 0 radical (unpaired) electrons. The van der Waals surface area contributed by atoms with Gasteiger partial charge in [-0.2, -0.15) is 31.4 Å². The van der Waals surface area contributed by atoms with Gasteiger partial charge in [0.25, 0.3) is 11.8 Å². The summed E-state index contributed by atoms with van der Waals surface area (Å²) < 4.78 is 112. The number of anilines is 1. The third kappa shape index (κ3) is 5.45. The van der Waals surface area contributed by atoms with E-state index in [4.69, 9.17) is 5.73 Å². The van der Waals surface area contributed by atoms with Crippen molar-refractivity contribution >= 4 is 29.1 Å². The lowest BCUT2D eigenvalue weighted by atomic mass is 10.0. The number of imide groups is 1. The lowest BCUT2D eigenvalue weighted by Gasteiger charge is -2.29. The first kappa shape index (κ1) is 30.6. The van der Waals surface area contributed by atoms with Gasteiger partial charge in [0.05, 0.1) is 23.8 Å². The Kier molecular flexibility index (Phi) is 7.42. The number of aliphatic hydroxyl groups is 1. The highest BCUT2D eigenvalue weighted by molar-refractivity contribution is 6.07. The van der Waals surface area contributed by atoms with E-state index < -0.39 is 105 Å². The number of aromatic nitrogens is 3. The van der Waals surface area contributed by atoms with Crippen molar-refractivity contribution in [3.05, 3.63) is 47.5 Å². The smallest absolute Gasteiger partial charge is 0.382 e. The molecule has 4 rings (SSSR count). The fraction of sp³-hybridized carbons (Fsp3) is 0.375. The molecule has 1 saturated heterocycles. The minimum Gasteiger partial charge on any atom is -0.382 e. The average molecular weight is 608 g/mol. The standard InChI is InChI=1S/C24H20F8N6O4/c1-22(2,42)20(40)36-7-14(26)16(8-36)37(21(41)24(30,31)32)19(39)10-3-4-13(25)11(5-10)15-6-12(23(27,28)29)17-18(33)34-9-35-38(15)17/h3-6,9,14,16,42H,7-8H2,1-2H3,(H2,33,34,35)/t14-,16+/m0/s1. The van der Waals surface area contributed by atoms with Gasteiger partial charge in [0.2, 0.25) is 0 Å². The summed E-state index contributed by atoms with van der Waals surface area (Å²) in [5.74, 6) is -7.56. The van der Waals surface area contributed by atoms with Crippen molar-refractivity contribution in [1.82, 2.24) is 24.4 Å². The topological polar surface area (TPSA) is 134 Å². The highest BCUT2D eigenvalue weighted by Gasteiger charge is 2.52. The maximum Gasteiger partial charge on any atom is 0.471 e. The number of rotatable bonds is 4. The number of amides is 3. The van der Waals surface area contributed by atoms with Crippen LogP contribution in [0.3, 0.4) is 0 Å². The van der Waals surface area contributed by atoms with E-state index in [0.717, 1.165) is 20.2 Å². The van der Waals surface area contributed by atoms with E-state index in [-0.39, 0.29) is 0 Å². The first-order chi connectivity index (χ1) is 19.2. The molecule has 3 N–H and O–H groups in total. The molecule has 0 bridgehead atoms. The SMILES string of the molecule is CC(C)(O)C(=O)N1C[C@@H](N(C(=O)c2ccc(F)c(-c3cc(C(F)(F)F)c4c(N)ncnn34)c2)C(=O)C(F)(F)F)[C@@H](F)C1. The number of hydrogen-bond donors (Lipinski definition) is 2. The van der Waals surface area contributed by atoms with Crippen molar-refractivity contribution in [3.8, 4) is 11.3 Å². The van der Waals surface area contributed by atoms with Crippen molar-refractivity contribution in [3.63, 3.8) is 0 Å². The molecule has 3 amide bonds. The molecule has 2 aromatic heterocycles. The molecular weight excluding hydrogens is 588 g/mol. The lowest BCUT2D eigenvalue weighted by Crippen LogP contribution is -2.54. The zero-order chi connectivity index (χ0) is 31.5. The minimum atomic E-state index is -5.71. The van der Waals surface area contributed by atoms with E-state index in [1.54, 1.807) is 0 Å². The molecule has 0 aliphatic carbocycles. The van der Waals surface area contributed by atoms with Crippen LogP contribution in [-0.2, 0) is 15.8 Å². The summed E-state index contributed by atoms with van der Waals surface area (Å²) in [4.78, 5) is 41.7. The van der Waals surface area contributed by atoms with E-state index in [1.807, 2.05) is 0 Å². The van der Waals surface area contributed by atoms with Gasteiger partial charge in [-0.05, 0) is 38.1 Å². The quantitative estimate of drug-likeness (QED) is 0.435. The molecule has 0 unspecified atom stereocenters. The predicted molar refractivity (Wildman–Crippen MR) is 127 cm³/mol. The van der Waals surface area contributed by atoms with Crippen LogP contribution >= 0.6 is 0 Å². The summed E-state index contributed by atoms with van der Waals surface area (Å²) in [6.07, 6.45) is -12.4. The molecule has 10 nitrogen and oxygen atoms in total. The van der Waals surface area contributed by atoms with Gasteiger partial charge in [0.1, 0.15) is 29.4 Å². The molecule has 1 aliphatic heterocycles. The Balaban J connectivity index is 1.83. The van der Waals surface area contributed by atoms with Gasteiger partial charge in [-0.15, -0.1) is 0 Å². The number of likely N-dealkylation sites (tertiary alicyclic amines) is 1. The number of nitrogens with zero attached hydrogens (tertiary/aromatic N) is 5. The molecule has 2 atom stereocenters. The van der Waals surface area contributed by atoms with Crippen LogP contribution in [0.15, 0.2) is 30.6 Å². The Morgan fingerprint density at radius 2 is 1.71 bits per heavy atom. The second kappa shape index (κ2) is 10.2. The number of benzene rings is 1. The molecule has 0 spiro atoms. The molecule has 0 saturated carbocycles. The summed E-state index contributed by atoms with van der Waals surface area (Å²) in [6, 6.07) is 0.00669. The molecular formula is C24H20F8N6O4. The normalized spacial score (nSPS) is 18.0. The fourth-order valence-corrected chi connectivity index (χ4v) is 4.54. The van der Waals surface area contributed by atoms with Crippen LogP contribution in [0.5, 0.6) is 0 Å². The summed E-state index contributed by atoms with van der Waals surface area (Å²) in [7, 11) is 0. The Morgan fingerprint density at radius 3 is 2.29 bits per heavy atom. The van der Waals surface area contributed by atoms with Crippen LogP contribution in [0, 0.1) is 5.82 Å². The van der Waals surface area contributed by atoms with E-state index in [2.05, 4.69) is 10.1 Å². The van der Waals surface area contributed by atoms with Gasteiger partial charge in [0, 0.05) is 17.7 Å². The van der Waals surface area contributed by atoms with Crippen LogP contribution < -0.4 is 5.73 Å². The van der Waals surface area contributed by atoms with Gasteiger partial charge in [-0.3, -0.25) is 19.3 Å². The summed E-state index contributed by atoms with van der Waals surface area (Å²) in [5, 5.41) is 13.6. The zero-order valence-electron chi connectivity index (χ0n) is 21.5. The third-order valence-electron chi connectivity index (χ3n) is 6.42. The van der Waals surface area contributed by atoms with Gasteiger partial charge in [-0.25, -0.2) is 18.3 Å². The van der Waals surface area contributed by atoms with Crippen LogP contribution in [0.25, 0.3) is 16.8 Å². The molecule has 226 valence electrons. The second-order valence-corrected chi connectivity index (χ2v) is 9.87. The monoisotopic (exact) mass is 608 g/mol. The van der Waals surface area contributed by atoms with E-state index in [1.165, 1.54) is 0 Å². The lowest BCUT2D eigenvalue weighted by molar-refractivity contribution is -0.184. The third-order valence-corrected chi connectivity index (χ3v) is 6.42. The van der Waals surface area contributed by atoms with Crippen molar-refractivity contribution in [2.75, 3.05) is 18.8 Å². The van der Waals surface area contributed by atoms with Gasteiger partial charge in [-0.1, -0.05) is 0 Å². The Labute approximate surface area is 230 Å². The van der Waals surface area contributed by atoms with Crippen molar-refractivity contribution < 1.29 is 54.6 Å². The summed E-state index contributed by atoms with van der Waals surface area (Å²) in [6.45, 7) is 0.288. The largest absolute Gasteiger partial charge is 0.471 e. The van der Waals surface area contributed by atoms with Crippen molar-refractivity contribution in [1.29, 1.82) is 0 Å². The molecule has 42 heavy (non-hydrogen) atoms. The molecule has 1 fully saturated rings. The molecule has 3 aromatic rings. The number of hydrogen-bond acceptors (Lipinski definition) is 7. The number of halogens is 8. The average Bonchev–Trinajstić information content (AvgIpc) is 3.45. The predicted octanol–water partition coefficient (Wildman–Crippen LogP) is 2.99. The molecule has 18 heteroatoms. The maximum absolute atomic E-state index is 15.0. The van der Waals surface area contributed by atoms with Gasteiger partial charge < -0.3 is 15.7 Å². The number of carbonyl (C=O) groups is 3. The maximum atomic E-state index is 15.0. The summed E-state index contributed by atoms with van der Waals surface area (Å²) in [5.41, 5.74) is -0.876. The van der Waals surface area contributed by atoms with Gasteiger partial charge >= 0.3 is 18.3 Å². The van der Waals surface area contributed by atoms with Crippen LogP contribution in [0.2, 0.25) is 0 Å². The Hall–Kier alpha value is -4.35. The van der Waals surface area contributed by atoms with Crippen molar-refractivity contribution in [2.24, 2.45) is 0 Å². The highest BCUT2D eigenvalue weighted by atomic mass is 19.4. The summed E-state index contributed by atoms with van der Waals surface area (Å²) >= 11 is 0. The number of carbonyl (C=O) groups excluding carboxylic acids is 3. The van der Waals surface area contributed by atoms with E-state index in [9.17, 15) is 50.2 Å².